The molecule has 1 heterocycles. The fourth-order valence-electron chi connectivity index (χ4n) is 2.96. The average Bonchev–Trinajstić information content (AvgIpc) is 2.73. The fourth-order valence-corrected chi connectivity index (χ4v) is 3.96. The molecule has 1 aromatic heterocycles. The molecule has 3 rings (SSSR count). The third kappa shape index (κ3) is 4.32. The quantitative estimate of drug-likeness (QED) is 0.565. The maximum absolute atomic E-state index is 13.6. The van der Waals surface area contributed by atoms with Crippen molar-refractivity contribution in [1.29, 1.82) is 0 Å². The predicted molar refractivity (Wildman–Crippen MR) is 114 cm³/mol. The van der Waals surface area contributed by atoms with Crippen molar-refractivity contribution in [3.63, 3.8) is 0 Å². The van der Waals surface area contributed by atoms with E-state index >= 15 is 0 Å². The number of nitrogens with one attached hydrogen (secondary N) is 2. The maximum Gasteiger partial charge on any atom is 0.261 e. The molecule has 0 bridgehead atoms. The molecule has 2 aromatic carbocycles. The lowest BCUT2D eigenvalue weighted by Gasteiger charge is -2.12. The highest BCUT2D eigenvalue weighted by molar-refractivity contribution is 7.89. The lowest BCUT2D eigenvalue weighted by Crippen LogP contribution is -2.24. The van der Waals surface area contributed by atoms with E-state index in [1.807, 2.05) is 6.92 Å². The molecule has 156 valence electrons. The second-order valence-corrected chi connectivity index (χ2v) is 8.21. The van der Waals surface area contributed by atoms with Crippen molar-refractivity contribution in [3.8, 4) is 0 Å². The second-order valence-electron chi connectivity index (χ2n) is 6.44. The monoisotopic (exact) mass is 429 g/mol. The van der Waals surface area contributed by atoms with Crippen LogP contribution >= 0.6 is 0 Å². The van der Waals surface area contributed by atoms with Gasteiger partial charge in [0.15, 0.2) is 0 Å². The number of nitrogens with zero attached hydrogens (tertiary/aromatic N) is 1. The Morgan fingerprint density at radius 2 is 1.90 bits per heavy atom. The standard InChI is InChI=1S/C21H20FN3O4S/c1-3-11-23-30(28,29)16-8-6-15(7-9-16)24-21(27)18-13-25(4-2)19-10-5-14(22)12-17(19)20(18)26/h3,5-10,12-13,23H,1,4,11H2,2H3,(H,24,27). The molecular weight excluding hydrogens is 409 g/mol. The normalized spacial score (nSPS) is 11.4. The van der Waals surface area contributed by atoms with Gasteiger partial charge in [0.25, 0.3) is 5.91 Å². The van der Waals surface area contributed by atoms with Crippen LogP contribution in [0.1, 0.15) is 17.3 Å². The Morgan fingerprint density at radius 3 is 2.53 bits per heavy atom. The first-order chi connectivity index (χ1) is 14.3. The Kier molecular flexibility index (Phi) is 6.14. The molecule has 3 aromatic rings. The number of pyridine rings is 1. The van der Waals surface area contributed by atoms with Gasteiger partial charge >= 0.3 is 0 Å². The third-order valence-electron chi connectivity index (χ3n) is 4.47. The van der Waals surface area contributed by atoms with E-state index in [0.717, 1.165) is 6.07 Å². The summed E-state index contributed by atoms with van der Waals surface area (Å²) < 4.78 is 41.9. The van der Waals surface area contributed by atoms with Crippen molar-refractivity contribution in [2.24, 2.45) is 0 Å². The molecule has 0 aliphatic carbocycles. The molecule has 1 amide bonds. The predicted octanol–water partition coefficient (Wildman–Crippen LogP) is 2.88. The molecule has 0 aliphatic rings. The zero-order valence-corrected chi connectivity index (χ0v) is 17.0. The molecule has 0 radical (unpaired) electrons. The van der Waals surface area contributed by atoms with Gasteiger partial charge < -0.3 is 9.88 Å². The highest BCUT2D eigenvalue weighted by Gasteiger charge is 2.17. The summed E-state index contributed by atoms with van der Waals surface area (Å²) >= 11 is 0. The van der Waals surface area contributed by atoms with Gasteiger partial charge in [-0.2, -0.15) is 0 Å². The molecule has 0 atom stereocenters. The Bertz CT molecular complexity index is 1280. The highest BCUT2D eigenvalue weighted by atomic mass is 32.2. The minimum atomic E-state index is -3.69. The number of fused-ring (bicyclic) bond motifs is 1. The van der Waals surface area contributed by atoms with Crippen LogP contribution in [0.25, 0.3) is 10.9 Å². The van der Waals surface area contributed by atoms with E-state index in [1.165, 1.54) is 48.7 Å². The van der Waals surface area contributed by atoms with E-state index in [9.17, 15) is 22.4 Å². The molecule has 0 fully saturated rings. The van der Waals surface area contributed by atoms with Gasteiger partial charge in [-0.1, -0.05) is 6.08 Å². The molecule has 0 saturated heterocycles. The summed E-state index contributed by atoms with van der Waals surface area (Å²) in [5.74, 6) is -1.24. The number of rotatable bonds is 7. The van der Waals surface area contributed by atoms with E-state index in [2.05, 4.69) is 16.6 Å². The Balaban J connectivity index is 1.91. The Hall–Kier alpha value is -3.30. The van der Waals surface area contributed by atoms with Gasteiger partial charge in [0.05, 0.1) is 10.4 Å². The van der Waals surface area contributed by atoms with E-state index in [4.69, 9.17) is 0 Å². The van der Waals surface area contributed by atoms with Gasteiger partial charge in [-0.15, -0.1) is 6.58 Å². The number of hydrogen-bond donors (Lipinski definition) is 2. The number of carbonyl (C=O) groups excluding carboxylic acids is 1. The van der Waals surface area contributed by atoms with Crippen LogP contribution in [0.2, 0.25) is 0 Å². The highest BCUT2D eigenvalue weighted by Crippen LogP contribution is 2.17. The average molecular weight is 429 g/mol. The van der Waals surface area contributed by atoms with Crippen LogP contribution in [-0.2, 0) is 16.6 Å². The molecule has 7 nitrogen and oxygen atoms in total. The van der Waals surface area contributed by atoms with Crippen LogP contribution in [0.5, 0.6) is 0 Å². The van der Waals surface area contributed by atoms with Crippen LogP contribution in [0.4, 0.5) is 10.1 Å². The van der Waals surface area contributed by atoms with Crippen LogP contribution < -0.4 is 15.5 Å². The van der Waals surface area contributed by atoms with Crippen molar-refractivity contribution >= 4 is 32.5 Å². The zero-order chi connectivity index (χ0) is 21.9. The van der Waals surface area contributed by atoms with Crippen molar-refractivity contribution in [2.75, 3.05) is 11.9 Å². The van der Waals surface area contributed by atoms with Crippen molar-refractivity contribution in [1.82, 2.24) is 9.29 Å². The zero-order valence-electron chi connectivity index (χ0n) is 16.2. The molecule has 2 N–H and O–H groups in total. The van der Waals surface area contributed by atoms with Crippen LogP contribution in [0, 0.1) is 5.82 Å². The Morgan fingerprint density at radius 1 is 1.20 bits per heavy atom. The number of aromatic nitrogens is 1. The van der Waals surface area contributed by atoms with Crippen molar-refractivity contribution in [2.45, 2.75) is 18.4 Å². The Labute approximate surface area is 172 Å². The number of sulfonamides is 1. The minimum absolute atomic E-state index is 0.0249. The first-order valence-electron chi connectivity index (χ1n) is 9.11. The third-order valence-corrected chi connectivity index (χ3v) is 5.91. The largest absolute Gasteiger partial charge is 0.347 e. The fraction of sp³-hybridized carbons (Fsp3) is 0.143. The molecule has 9 heteroatoms. The van der Waals surface area contributed by atoms with Gasteiger partial charge in [0.2, 0.25) is 15.5 Å². The van der Waals surface area contributed by atoms with E-state index in [0.29, 0.717) is 17.7 Å². The number of benzene rings is 2. The molecule has 0 aliphatic heterocycles. The van der Waals surface area contributed by atoms with Crippen LogP contribution in [-0.4, -0.2) is 25.4 Å². The second kappa shape index (κ2) is 8.60. The first-order valence-corrected chi connectivity index (χ1v) is 10.6. The smallest absolute Gasteiger partial charge is 0.261 e. The summed E-state index contributed by atoms with van der Waals surface area (Å²) in [4.78, 5) is 25.4. The summed E-state index contributed by atoms with van der Waals surface area (Å²) in [6.45, 7) is 5.86. The van der Waals surface area contributed by atoms with Gasteiger partial charge in [0.1, 0.15) is 11.4 Å². The summed E-state index contributed by atoms with van der Waals surface area (Å²) in [6, 6.07) is 9.36. The van der Waals surface area contributed by atoms with E-state index in [1.54, 1.807) is 4.57 Å². The molecule has 30 heavy (non-hydrogen) atoms. The maximum atomic E-state index is 13.6. The van der Waals surface area contributed by atoms with Crippen molar-refractivity contribution < 1.29 is 17.6 Å². The summed E-state index contributed by atoms with van der Waals surface area (Å²) in [6.07, 6.45) is 2.85. The number of amides is 1. The summed E-state index contributed by atoms with van der Waals surface area (Å²) in [7, 11) is -3.69. The summed E-state index contributed by atoms with van der Waals surface area (Å²) in [5, 5.41) is 2.68. The molecule has 0 unspecified atom stereocenters. The number of hydrogen-bond acceptors (Lipinski definition) is 4. The number of aryl methyl sites for hydroxylation is 1. The van der Waals surface area contributed by atoms with Gasteiger partial charge in [0, 0.05) is 30.4 Å². The number of carbonyl (C=O) groups is 1. The van der Waals surface area contributed by atoms with Crippen LogP contribution in [0.15, 0.2) is 71.0 Å². The van der Waals surface area contributed by atoms with Crippen molar-refractivity contribution in [3.05, 3.63) is 82.9 Å². The first kappa shape index (κ1) is 21.4. The van der Waals surface area contributed by atoms with Crippen LogP contribution in [0.3, 0.4) is 0 Å². The topological polar surface area (TPSA) is 97.3 Å². The molecular formula is C21H20FN3O4S. The lowest BCUT2D eigenvalue weighted by molar-refractivity contribution is 0.102. The SMILES string of the molecule is C=CCNS(=O)(=O)c1ccc(NC(=O)c2cn(CC)c3ccc(F)cc3c2=O)cc1. The molecule has 0 spiro atoms. The lowest BCUT2D eigenvalue weighted by atomic mass is 10.1. The van der Waals surface area contributed by atoms with E-state index < -0.39 is 27.2 Å². The molecule has 0 saturated carbocycles. The van der Waals surface area contributed by atoms with Gasteiger partial charge in [-0.05, 0) is 49.4 Å². The number of anilines is 1. The van der Waals surface area contributed by atoms with Gasteiger partial charge in [-0.25, -0.2) is 17.5 Å². The summed E-state index contributed by atoms with van der Waals surface area (Å²) in [5.41, 5.74) is 0.116. The van der Waals surface area contributed by atoms with E-state index in [-0.39, 0.29) is 22.4 Å². The number of halogens is 1. The van der Waals surface area contributed by atoms with Gasteiger partial charge in [-0.3, -0.25) is 9.59 Å². The minimum Gasteiger partial charge on any atom is -0.347 e.